The standard InChI is InChI=1S/C16H22O7/c1-4-5-15(19)23-13-7-6-12(18)14(22-11(3)17)8-9-16(20)21-10(13)2/h4-7,10,12-14,18H,8-9H2,1-3H3/b5-4+,7-6?. The Morgan fingerprint density at radius 1 is 1.35 bits per heavy atom. The molecular formula is C16H22O7. The molecule has 0 saturated carbocycles. The molecule has 0 radical (unpaired) electrons. The minimum absolute atomic E-state index is 0.0251. The summed E-state index contributed by atoms with van der Waals surface area (Å²) in [6, 6.07) is 0. The number of hydrogen-bond acceptors (Lipinski definition) is 7. The van der Waals surface area contributed by atoms with Crippen LogP contribution in [0.15, 0.2) is 24.3 Å². The van der Waals surface area contributed by atoms with Crippen LogP contribution in [0.1, 0.15) is 33.6 Å². The van der Waals surface area contributed by atoms with E-state index in [4.69, 9.17) is 14.2 Å². The van der Waals surface area contributed by atoms with Gasteiger partial charge in [-0.25, -0.2) is 4.79 Å². The van der Waals surface area contributed by atoms with E-state index < -0.39 is 42.3 Å². The van der Waals surface area contributed by atoms with Gasteiger partial charge in [-0.2, -0.15) is 0 Å². The summed E-state index contributed by atoms with van der Waals surface area (Å²) in [5.74, 6) is -1.67. The summed E-state index contributed by atoms with van der Waals surface area (Å²) in [6.45, 7) is 4.48. The second kappa shape index (κ2) is 9.09. The van der Waals surface area contributed by atoms with E-state index in [1.807, 2.05) is 0 Å². The predicted octanol–water partition coefficient (Wildman–Crippen LogP) is 1.05. The van der Waals surface area contributed by atoms with Crippen molar-refractivity contribution in [3.8, 4) is 0 Å². The van der Waals surface area contributed by atoms with Crippen molar-refractivity contribution in [1.82, 2.24) is 0 Å². The smallest absolute Gasteiger partial charge is 0.331 e. The fourth-order valence-corrected chi connectivity index (χ4v) is 2.05. The number of allylic oxidation sites excluding steroid dienone is 1. The molecule has 0 bridgehead atoms. The normalized spacial score (nSPS) is 29.0. The third-order valence-electron chi connectivity index (χ3n) is 3.16. The van der Waals surface area contributed by atoms with E-state index in [0.29, 0.717) is 0 Å². The molecule has 1 aliphatic rings. The topological polar surface area (TPSA) is 99.1 Å². The zero-order chi connectivity index (χ0) is 17.4. The van der Waals surface area contributed by atoms with Crippen molar-refractivity contribution >= 4 is 17.9 Å². The van der Waals surface area contributed by atoms with Gasteiger partial charge < -0.3 is 19.3 Å². The Labute approximate surface area is 134 Å². The van der Waals surface area contributed by atoms with Crippen LogP contribution in [0.4, 0.5) is 0 Å². The first kappa shape index (κ1) is 18.9. The molecule has 0 aliphatic carbocycles. The number of carbonyl (C=O) groups is 3. The summed E-state index contributed by atoms with van der Waals surface area (Å²) in [5.41, 5.74) is 0. The molecule has 7 nitrogen and oxygen atoms in total. The van der Waals surface area contributed by atoms with Gasteiger partial charge in [-0.05, 0) is 26.3 Å². The van der Waals surface area contributed by atoms with Gasteiger partial charge in [0.2, 0.25) is 0 Å². The molecule has 1 aliphatic heterocycles. The number of carbonyl (C=O) groups excluding carboxylic acids is 3. The highest BCUT2D eigenvalue weighted by atomic mass is 16.6. The first-order chi connectivity index (χ1) is 10.8. The molecule has 7 heteroatoms. The number of hydrogen-bond donors (Lipinski definition) is 1. The lowest BCUT2D eigenvalue weighted by atomic mass is 10.0. The fraction of sp³-hybridized carbons (Fsp3) is 0.562. The van der Waals surface area contributed by atoms with Gasteiger partial charge in [0.15, 0.2) is 6.10 Å². The second-order valence-corrected chi connectivity index (χ2v) is 5.16. The van der Waals surface area contributed by atoms with Crippen molar-refractivity contribution in [2.45, 2.75) is 58.0 Å². The van der Waals surface area contributed by atoms with Crippen LogP contribution < -0.4 is 0 Å². The van der Waals surface area contributed by atoms with Gasteiger partial charge >= 0.3 is 17.9 Å². The number of aliphatic hydroxyl groups is 1. The summed E-state index contributed by atoms with van der Waals surface area (Å²) in [7, 11) is 0. The Morgan fingerprint density at radius 2 is 2.04 bits per heavy atom. The molecule has 0 aromatic carbocycles. The van der Waals surface area contributed by atoms with E-state index in [1.54, 1.807) is 13.8 Å². The first-order valence-electron chi connectivity index (χ1n) is 7.40. The van der Waals surface area contributed by atoms with Gasteiger partial charge in [-0.3, -0.25) is 9.59 Å². The van der Waals surface area contributed by atoms with E-state index in [1.165, 1.54) is 31.2 Å². The monoisotopic (exact) mass is 326 g/mol. The lowest BCUT2D eigenvalue weighted by Gasteiger charge is -2.25. The first-order valence-corrected chi connectivity index (χ1v) is 7.40. The molecule has 4 atom stereocenters. The summed E-state index contributed by atoms with van der Waals surface area (Å²) in [4.78, 5) is 34.4. The quantitative estimate of drug-likeness (QED) is 0.358. The van der Waals surface area contributed by atoms with Gasteiger partial charge in [0.1, 0.15) is 18.3 Å². The predicted molar refractivity (Wildman–Crippen MR) is 80.2 cm³/mol. The molecule has 23 heavy (non-hydrogen) atoms. The second-order valence-electron chi connectivity index (χ2n) is 5.16. The van der Waals surface area contributed by atoms with Crippen molar-refractivity contribution in [2.24, 2.45) is 0 Å². The lowest BCUT2D eigenvalue weighted by Crippen LogP contribution is -2.35. The summed E-state index contributed by atoms with van der Waals surface area (Å²) < 4.78 is 15.4. The minimum Gasteiger partial charge on any atom is -0.459 e. The van der Waals surface area contributed by atoms with Crippen molar-refractivity contribution in [2.75, 3.05) is 0 Å². The van der Waals surface area contributed by atoms with Gasteiger partial charge in [-0.1, -0.05) is 12.2 Å². The van der Waals surface area contributed by atoms with Crippen LogP contribution in [-0.4, -0.2) is 47.4 Å². The molecule has 0 spiro atoms. The van der Waals surface area contributed by atoms with E-state index in [0.717, 1.165) is 0 Å². The maximum absolute atomic E-state index is 11.8. The Morgan fingerprint density at radius 3 is 2.65 bits per heavy atom. The molecule has 0 aromatic heterocycles. The van der Waals surface area contributed by atoms with Crippen LogP contribution in [0.3, 0.4) is 0 Å². The maximum Gasteiger partial charge on any atom is 0.331 e. The summed E-state index contributed by atoms with van der Waals surface area (Å²) in [6.07, 6.45) is 2.13. The third-order valence-corrected chi connectivity index (χ3v) is 3.16. The molecule has 0 amide bonds. The molecular weight excluding hydrogens is 304 g/mol. The third kappa shape index (κ3) is 6.65. The van der Waals surface area contributed by atoms with Gasteiger partial charge in [0.25, 0.3) is 0 Å². The number of ether oxygens (including phenoxy) is 3. The van der Waals surface area contributed by atoms with Crippen LogP contribution in [0.5, 0.6) is 0 Å². The van der Waals surface area contributed by atoms with Crippen molar-refractivity contribution in [3.63, 3.8) is 0 Å². The van der Waals surface area contributed by atoms with Gasteiger partial charge in [-0.15, -0.1) is 0 Å². The molecule has 1 N–H and O–H groups in total. The molecule has 0 saturated heterocycles. The van der Waals surface area contributed by atoms with Gasteiger partial charge in [0.05, 0.1) is 0 Å². The van der Waals surface area contributed by atoms with Crippen LogP contribution in [0, 0.1) is 0 Å². The molecule has 1 heterocycles. The van der Waals surface area contributed by atoms with Crippen molar-refractivity contribution < 1.29 is 33.7 Å². The highest BCUT2D eigenvalue weighted by Crippen LogP contribution is 2.16. The lowest BCUT2D eigenvalue weighted by molar-refractivity contribution is -0.163. The summed E-state index contributed by atoms with van der Waals surface area (Å²) >= 11 is 0. The van der Waals surface area contributed by atoms with Gasteiger partial charge in [0, 0.05) is 19.4 Å². The zero-order valence-electron chi connectivity index (χ0n) is 13.4. The number of esters is 3. The van der Waals surface area contributed by atoms with Crippen LogP contribution in [0.2, 0.25) is 0 Å². The van der Waals surface area contributed by atoms with Crippen LogP contribution in [0.25, 0.3) is 0 Å². The van der Waals surface area contributed by atoms with E-state index in [-0.39, 0.29) is 12.8 Å². The van der Waals surface area contributed by atoms with Crippen LogP contribution >= 0.6 is 0 Å². The van der Waals surface area contributed by atoms with E-state index >= 15 is 0 Å². The zero-order valence-corrected chi connectivity index (χ0v) is 13.4. The largest absolute Gasteiger partial charge is 0.459 e. The fourth-order valence-electron chi connectivity index (χ4n) is 2.05. The molecule has 128 valence electrons. The molecule has 0 fully saturated rings. The maximum atomic E-state index is 11.8. The Kier molecular flexibility index (Phi) is 7.47. The van der Waals surface area contributed by atoms with Crippen molar-refractivity contribution in [3.05, 3.63) is 24.3 Å². The number of aliphatic hydroxyl groups excluding tert-OH is 1. The van der Waals surface area contributed by atoms with E-state index in [9.17, 15) is 19.5 Å². The average Bonchev–Trinajstić information content (AvgIpc) is 2.46. The SMILES string of the molecule is C/C=C/C(=O)OC1C=CC(O)C(OC(C)=O)CCC(=O)OC1C. The Bertz CT molecular complexity index is 495. The summed E-state index contributed by atoms with van der Waals surface area (Å²) in [5, 5.41) is 10.1. The molecule has 1 rings (SSSR count). The highest BCUT2D eigenvalue weighted by Gasteiger charge is 2.27. The number of cyclic esters (lactones) is 1. The molecule has 0 aromatic rings. The van der Waals surface area contributed by atoms with Crippen LogP contribution in [-0.2, 0) is 28.6 Å². The van der Waals surface area contributed by atoms with Crippen molar-refractivity contribution in [1.29, 1.82) is 0 Å². The van der Waals surface area contributed by atoms with E-state index in [2.05, 4.69) is 0 Å². The highest BCUT2D eigenvalue weighted by molar-refractivity contribution is 5.82. The Balaban J connectivity index is 2.93. The molecule has 4 unspecified atom stereocenters. The number of rotatable bonds is 3. The average molecular weight is 326 g/mol. The minimum atomic E-state index is -1.11. The Hall–Kier alpha value is -2.15.